The maximum Gasteiger partial charge on any atom is 0.213 e. The van der Waals surface area contributed by atoms with E-state index in [0.717, 1.165) is 44.7 Å². The summed E-state index contributed by atoms with van der Waals surface area (Å²) in [5, 5.41) is 4.72. The average molecular weight is 612 g/mol. The van der Waals surface area contributed by atoms with Crippen molar-refractivity contribution >= 4 is 66.0 Å². The molecule has 36 heavy (non-hydrogen) atoms. The Labute approximate surface area is 228 Å². The summed E-state index contributed by atoms with van der Waals surface area (Å²) in [6, 6.07) is 7.43. The van der Waals surface area contributed by atoms with E-state index in [1.165, 1.54) is 0 Å². The van der Waals surface area contributed by atoms with E-state index in [1.807, 2.05) is 19.9 Å². The Morgan fingerprint density at radius 2 is 2.03 bits per heavy atom. The number of hydrogen-bond acceptors (Lipinski definition) is 5. The third-order valence-corrected chi connectivity index (χ3v) is 9.57. The Hall–Kier alpha value is -2.11. The summed E-state index contributed by atoms with van der Waals surface area (Å²) in [7, 11) is -3.21. The van der Waals surface area contributed by atoms with Gasteiger partial charge in [0.1, 0.15) is 11.3 Å². The fourth-order valence-electron chi connectivity index (χ4n) is 4.72. The van der Waals surface area contributed by atoms with Crippen molar-refractivity contribution in [2.24, 2.45) is 0 Å². The predicted octanol–water partition coefficient (Wildman–Crippen LogP) is 5.94. The zero-order valence-electron chi connectivity index (χ0n) is 19.9. The molecule has 12 heteroatoms. The molecule has 0 spiro atoms. The van der Waals surface area contributed by atoms with Crippen LogP contribution in [0.25, 0.3) is 28.2 Å². The lowest BCUT2D eigenvalue weighted by atomic mass is 10.2. The number of hydrogen-bond donors (Lipinski definition) is 2. The molecule has 0 saturated carbocycles. The Balaban J connectivity index is 1.52. The number of fused-ring (bicyclic) bond motifs is 1. The lowest BCUT2D eigenvalue weighted by molar-refractivity contribution is 0.476. The number of aromatic nitrogens is 4. The van der Waals surface area contributed by atoms with E-state index >= 15 is 0 Å². The lowest BCUT2D eigenvalue weighted by Crippen LogP contribution is -2.32. The number of pyridine rings is 1. The van der Waals surface area contributed by atoms with E-state index in [9.17, 15) is 8.42 Å². The number of benzene rings is 1. The van der Waals surface area contributed by atoms with E-state index in [4.69, 9.17) is 28.2 Å². The highest BCUT2D eigenvalue weighted by molar-refractivity contribution is 9.10. The van der Waals surface area contributed by atoms with Crippen LogP contribution in [0.2, 0.25) is 10.0 Å². The topological polar surface area (TPSA) is 95.9 Å². The van der Waals surface area contributed by atoms with Gasteiger partial charge in [-0.2, -0.15) is 4.31 Å². The maximum atomic E-state index is 12.3. The molecule has 5 rings (SSSR count). The van der Waals surface area contributed by atoms with Gasteiger partial charge in [0.2, 0.25) is 10.0 Å². The molecule has 1 aliphatic rings. The minimum atomic E-state index is -3.21. The molecule has 190 valence electrons. The minimum absolute atomic E-state index is 0.0185. The van der Waals surface area contributed by atoms with E-state index < -0.39 is 10.0 Å². The molecule has 1 aliphatic heterocycles. The fourth-order valence-corrected chi connectivity index (χ4v) is 6.66. The second-order valence-electron chi connectivity index (χ2n) is 8.87. The SMILES string of the molecule is CCS(=O)(=O)N1CC[C@H](Nc2c(Br)cnc3nc(-c4cc(C)n(-c5cc(Cl)ccc5Cl)c4C)[nH]c23)C1. The van der Waals surface area contributed by atoms with Crippen molar-refractivity contribution < 1.29 is 8.42 Å². The normalized spacial score (nSPS) is 16.8. The number of H-pyrrole nitrogens is 1. The molecule has 4 heterocycles. The third kappa shape index (κ3) is 4.54. The molecule has 0 radical (unpaired) electrons. The quantitative estimate of drug-likeness (QED) is 0.281. The molecule has 4 aromatic rings. The summed E-state index contributed by atoms with van der Waals surface area (Å²) in [5.74, 6) is 0.781. The molecule has 0 amide bonds. The number of aryl methyl sites for hydroxylation is 1. The van der Waals surface area contributed by atoms with Crippen molar-refractivity contribution in [3.05, 3.63) is 56.4 Å². The summed E-state index contributed by atoms with van der Waals surface area (Å²) in [4.78, 5) is 12.7. The molecule has 3 aromatic heterocycles. The summed E-state index contributed by atoms with van der Waals surface area (Å²) in [6.45, 7) is 6.62. The van der Waals surface area contributed by atoms with Gasteiger partial charge < -0.3 is 14.9 Å². The van der Waals surface area contributed by atoms with Crippen molar-refractivity contribution in [2.75, 3.05) is 24.2 Å². The first-order valence-electron chi connectivity index (χ1n) is 11.5. The van der Waals surface area contributed by atoms with Gasteiger partial charge in [0.15, 0.2) is 5.65 Å². The van der Waals surface area contributed by atoms with Crippen LogP contribution in [0.5, 0.6) is 0 Å². The average Bonchev–Trinajstić information content (AvgIpc) is 3.55. The number of halogens is 3. The summed E-state index contributed by atoms with van der Waals surface area (Å²) >= 11 is 16.3. The van der Waals surface area contributed by atoms with Gasteiger partial charge in [-0.3, -0.25) is 0 Å². The van der Waals surface area contributed by atoms with E-state index in [1.54, 1.807) is 29.6 Å². The summed E-state index contributed by atoms with van der Waals surface area (Å²) in [6.07, 6.45) is 2.43. The molecular weight excluding hydrogens is 587 g/mol. The lowest BCUT2D eigenvalue weighted by Gasteiger charge is -2.17. The predicted molar refractivity (Wildman–Crippen MR) is 149 cm³/mol. The molecule has 1 fully saturated rings. The third-order valence-electron chi connectivity index (χ3n) is 6.57. The van der Waals surface area contributed by atoms with Crippen molar-refractivity contribution in [3.63, 3.8) is 0 Å². The van der Waals surface area contributed by atoms with Crippen molar-refractivity contribution in [1.82, 2.24) is 23.8 Å². The molecule has 0 aliphatic carbocycles. The standard InChI is InChI=1S/C24H25BrCl2N6O2S/c1-4-36(34,35)32-8-7-16(12-32)29-21-18(25)11-28-24-22(21)30-23(31-24)17-9-13(2)33(14(17)3)20-10-15(26)5-6-19(20)27/h5-6,9-11,16H,4,7-8,12H2,1-3H3,(H2,28,29,30,31)/t16-/m0/s1. The van der Waals surface area contributed by atoms with Gasteiger partial charge in [-0.1, -0.05) is 23.2 Å². The summed E-state index contributed by atoms with van der Waals surface area (Å²) < 4.78 is 29.0. The Bertz CT molecular complexity index is 1580. The van der Waals surface area contributed by atoms with Crippen LogP contribution in [-0.4, -0.2) is 57.1 Å². The van der Waals surface area contributed by atoms with Gasteiger partial charge in [0.05, 0.1) is 26.6 Å². The van der Waals surface area contributed by atoms with Gasteiger partial charge >= 0.3 is 0 Å². The fraction of sp³-hybridized carbons (Fsp3) is 0.333. The molecular formula is C24H25BrCl2N6O2S. The van der Waals surface area contributed by atoms with Crippen LogP contribution in [0.3, 0.4) is 0 Å². The van der Waals surface area contributed by atoms with Gasteiger partial charge in [-0.15, -0.1) is 0 Å². The van der Waals surface area contributed by atoms with Crippen molar-refractivity contribution in [3.8, 4) is 17.1 Å². The van der Waals surface area contributed by atoms with E-state index in [-0.39, 0.29) is 11.8 Å². The summed E-state index contributed by atoms with van der Waals surface area (Å²) in [5.41, 5.74) is 5.80. The van der Waals surface area contributed by atoms with Gasteiger partial charge in [0, 0.05) is 47.3 Å². The number of nitrogens with one attached hydrogen (secondary N) is 2. The highest BCUT2D eigenvalue weighted by Crippen LogP contribution is 2.36. The highest BCUT2D eigenvalue weighted by atomic mass is 79.9. The molecule has 0 unspecified atom stereocenters. The molecule has 8 nitrogen and oxygen atoms in total. The first-order valence-corrected chi connectivity index (χ1v) is 14.7. The van der Waals surface area contributed by atoms with Gasteiger partial charge in [-0.05, 0) is 67.4 Å². The van der Waals surface area contributed by atoms with Crippen LogP contribution in [-0.2, 0) is 10.0 Å². The number of anilines is 1. The molecule has 2 N–H and O–H groups in total. The molecule has 0 bridgehead atoms. The number of aromatic amines is 1. The maximum absolute atomic E-state index is 12.3. The second kappa shape index (κ2) is 9.64. The first kappa shape index (κ1) is 25.5. The van der Waals surface area contributed by atoms with Crippen molar-refractivity contribution in [2.45, 2.75) is 33.2 Å². The highest BCUT2D eigenvalue weighted by Gasteiger charge is 2.31. The number of imidazole rings is 1. The number of rotatable bonds is 6. The van der Waals surface area contributed by atoms with Crippen LogP contribution in [0.1, 0.15) is 24.7 Å². The second-order valence-corrected chi connectivity index (χ2v) is 12.8. The zero-order valence-corrected chi connectivity index (χ0v) is 23.9. The Morgan fingerprint density at radius 1 is 1.25 bits per heavy atom. The Kier molecular flexibility index (Phi) is 6.84. The smallest absolute Gasteiger partial charge is 0.213 e. The van der Waals surface area contributed by atoms with Crippen LogP contribution in [0, 0.1) is 13.8 Å². The van der Waals surface area contributed by atoms with E-state index in [0.29, 0.717) is 34.6 Å². The first-order chi connectivity index (χ1) is 17.1. The molecule has 1 aromatic carbocycles. The molecule has 1 atom stereocenters. The van der Waals surface area contributed by atoms with Crippen molar-refractivity contribution in [1.29, 1.82) is 0 Å². The largest absolute Gasteiger partial charge is 0.378 e. The van der Waals surface area contributed by atoms with Gasteiger partial charge in [0.25, 0.3) is 0 Å². The Morgan fingerprint density at radius 3 is 2.78 bits per heavy atom. The van der Waals surface area contributed by atoms with Crippen LogP contribution in [0.15, 0.2) is 34.9 Å². The van der Waals surface area contributed by atoms with Crippen LogP contribution >= 0.6 is 39.1 Å². The van der Waals surface area contributed by atoms with Crippen LogP contribution in [0.4, 0.5) is 5.69 Å². The number of sulfonamides is 1. The van der Waals surface area contributed by atoms with Crippen LogP contribution < -0.4 is 5.32 Å². The van der Waals surface area contributed by atoms with E-state index in [2.05, 4.69) is 41.8 Å². The monoisotopic (exact) mass is 610 g/mol. The van der Waals surface area contributed by atoms with Gasteiger partial charge in [-0.25, -0.2) is 18.4 Å². The number of nitrogens with zero attached hydrogens (tertiary/aromatic N) is 4. The minimum Gasteiger partial charge on any atom is -0.378 e. The zero-order chi connectivity index (χ0) is 25.8. The molecule has 1 saturated heterocycles.